The van der Waals surface area contributed by atoms with Gasteiger partial charge in [-0.1, -0.05) is 13.8 Å². The Morgan fingerprint density at radius 3 is 2.70 bits per heavy atom. The van der Waals surface area contributed by atoms with Crippen molar-refractivity contribution in [3.63, 3.8) is 0 Å². The smallest absolute Gasteiger partial charge is 0.163 e. The second-order valence-electron chi connectivity index (χ2n) is 5.57. The third kappa shape index (κ3) is 2.75. The van der Waals surface area contributed by atoms with Crippen molar-refractivity contribution in [3.05, 3.63) is 23.9 Å². The molecular formula is C16H22N2O2. The van der Waals surface area contributed by atoms with E-state index in [0.29, 0.717) is 19.3 Å². The fraction of sp³-hybridized carbons (Fsp3) is 0.500. The highest BCUT2D eigenvalue weighted by atomic mass is 16.6. The average molecular weight is 274 g/mol. The van der Waals surface area contributed by atoms with Gasteiger partial charge in [-0.3, -0.25) is 0 Å². The molecule has 0 unspecified atom stereocenters. The van der Waals surface area contributed by atoms with E-state index in [1.54, 1.807) is 0 Å². The third-order valence-electron chi connectivity index (χ3n) is 3.61. The Bertz CT molecular complexity index is 589. The molecule has 1 aromatic heterocycles. The quantitative estimate of drug-likeness (QED) is 0.824. The van der Waals surface area contributed by atoms with Crippen LogP contribution in [0.3, 0.4) is 0 Å². The van der Waals surface area contributed by atoms with Crippen LogP contribution in [0.25, 0.3) is 10.9 Å². The molecule has 0 bridgehead atoms. The Morgan fingerprint density at radius 2 is 1.95 bits per heavy atom. The van der Waals surface area contributed by atoms with Gasteiger partial charge in [0.25, 0.3) is 0 Å². The molecule has 2 heterocycles. The van der Waals surface area contributed by atoms with E-state index in [-0.39, 0.29) is 0 Å². The Kier molecular flexibility index (Phi) is 3.83. The molecule has 0 saturated carbocycles. The van der Waals surface area contributed by atoms with Crippen LogP contribution < -0.4 is 14.8 Å². The molecule has 1 aliphatic rings. The maximum atomic E-state index is 5.66. The van der Waals surface area contributed by atoms with Gasteiger partial charge in [0.05, 0.1) is 0 Å². The maximum Gasteiger partial charge on any atom is 0.163 e. The minimum atomic E-state index is 0.551. The predicted molar refractivity (Wildman–Crippen MR) is 80.7 cm³/mol. The van der Waals surface area contributed by atoms with E-state index in [1.807, 2.05) is 6.07 Å². The molecule has 0 spiro atoms. The lowest BCUT2D eigenvalue weighted by Gasteiger charge is -2.18. The Morgan fingerprint density at radius 1 is 1.20 bits per heavy atom. The van der Waals surface area contributed by atoms with Gasteiger partial charge in [-0.05, 0) is 31.0 Å². The number of ether oxygens (including phenoxy) is 2. The minimum absolute atomic E-state index is 0.551. The molecule has 2 N–H and O–H groups in total. The van der Waals surface area contributed by atoms with E-state index in [4.69, 9.17) is 9.47 Å². The Hall–Kier alpha value is -1.68. The number of H-pyrrole nitrogens is 1. The van der Waals surface area contributed by atoms with E-state index in [2.05, 4.69) is 36.4 Å². The molecule has 1 aromatic carbocycles. The molecule has 108 valence electrons. The molecule has 0 aliphatic carbocycles. The third-order valence-corrected chi connectivity index (χ3v) is 3.61. The molecule has 0 saturated heterocycles. The molecule has 0 radical (unpaired) electrons. The summed E-state index contributed by atoms with van der Waals surface area (Å²) in [4.78, 5) is 3.33. The molecular weight excluding hydrogens is 252 g/mol. The van der Waals surface area contributed by atoms with Crippen LogP contribution in [0, 0.1) is 0 Å². The van der Waals surface area contributed by atoms with Crippen molar-refractivity contribution in [1.29, 1.82) is 0 Å². The van der Waals surface area contributed by atoms with Gasteiger partial charge in [-0.25, -0.2) is 0 Å². The van der Waals surface area contributed by atoms with Crippen molar-refractivity contribution in [2.24, 2.45) is 0 Å². The fourth-order valence-electron chi connectivity index (χ4n) is 2.59. The van der Waals surface area contributed by atoms with Crippen molar-refractivity contribution in [2.45, 2.75) is 32.7 Å². The van der Waals surface area contributed by atoms with Crippen molar-refractivity contribution >= 4 is 10.9 Å². The number of hydrogen-bond donors (Lipinski definition) is 2. The Labute approximate surface area is 119 Å². The summed E-state index contributed by atoms with van der Waals surface area (Å²) in [5.74, 6) is 1.71. The van der Waals surface area contributed by atoms with Gasteiger partial charge in [-0.15, -0.1) is 0 Å². The topological polar surface area (TPSA) is 46.3 Å². The summed E-state index contributed by atoms with van der Waals surface area (Å²) in [5, 5.41) is 4.70. The number of hydrogen-bond acceptors (Lipinski definition) is 3. The molecule has 2 aromatic rings. The van der Waals surface area contributed by atoms with Crippen LogP contribution in [-0.4, -0.2) is 30.8 Å². The summed E-state index contributed by atoms with van der Waals surface area (Å²) < 4.78 is 11.3. The summed E-state index contributed by atoms with van der Waals surface area (Å²) in [7, 11) is 0. The van der Waals surface area contributed by atoms with Gasteiger partial charge in [0.1, 0.15) is 13.2 Å². The minimum Gasteiger partial charge on any atom is -0.486 e. The van der Waals surface area contributed by atoms with Crippen LogP contribution in [0.5, 0.6) is 11.5 Å². The molecule has 0 amide bonds. The van der Waals surface area contributed by atoms with Crippen molar-refractivity contribution in [1.82, 2.24) is 10.3 Å². The predicted octanol–water partition coefficient (Wildman–Crippen LogP) is 2.87. The lowest BCUT2D eigenvalue weighted by atomic mass is 10.1. The summed E-state index contributed by atoms with van der Waals surface area (Å²) in [6.07, 6.45) is 4.31. The first-order valence-electron chi connectivity index (χ1n) is 7.37. The van der Waals surface area contributed by atoms with Crippen molar-refractivity contribution in [2.75, 3.05) is 19.8 Å². The second kappa shape index (κ2) is 5.75. The zero-order valence-electron chi connectivity index (χ0n) is 12.2. The van der Waals surface area contributed by atoms with Crippen LogP contribution in [-0.2, 0) is 6.42 Å². The SMILES string of the molecule is CC(C)NCCCc1c[nH]c2cc3c(cc12)OCCO3. The van der Waals surface area contributed by atoms with E-state index in [0.717, 1.165) is 36.4 Å². The summed E-state index contributed by atoms with van der Waals surface area (Å²) in [5.41, 5.74) is 2.48. The highest BCUT2D eigenvalue weighted by molar-refractivity contribution is 5.86. The van der Waals surface area contributed by atoms with E-state index >= 15 is 0 Å². The average Bonchev–Trinajstić information content (AvgIpc) is 2.83. The van der Waals surface area contributed by atoms with Gasteiger partial charge < -0.3 is 19.8 Å². The lowest BCUT2D eigenvalue weighted by Crippen LogP contribution is -2.23. The van der Waals surface area contributed by atoms with Crippen LogP contribution in [0.4, 0.5) is 0 Å². The second-order valence-corrected chi connectivity index (χ2v) is 5.57. The van der Waals surface area contributed by atoms with E-state index in [1.165, 1.54) is 10.9 Å². The first-order chi connectivity index (χ1) is 9.74. The van der Waals surface area contributed by atoms with Gasteiger partial charge >= 0.3 is 0 Å². The molecule has 4 nitrogen and oxygen atoms in total. The molecule has 3 rings (SSSR count). The number of benzene rings is 1. The highest BCUT2D eigenvalue weighted by Crippen LogP contribution is 2.35. The number of rotatable bonds is 5. The summed E-state index contributed by atoms with van der Waals surface area (Å²) >= 11 is 0. The number of nitrogens with one attached hydrogen (secondary N) is 2. The normalized spacial score (nSPS) is 14.2. The van der Waals surface area contributed by atoms with Gasteiger partial charge in [-0.2, -0.15) is 0 Å². The number of fused-ring (bicyclic) bond motifs is 2. The number of aromatic nitrogens is 1. The monoisotopic (exact) mass is 274 g/mol. The maximum absolute atomic E-state index is 5.66. The highest BCUT2D eigenvalue weighted by Gasteiger charge is 2.14. The van der Waals surface area contributed by atoms with Crippen LogP contribution in [0.2, 0.25) is 0 Å². The Balaban J connectivity index is 1.75. The first-order valence-corrected chi connectivity index (χ1v) is 7.37. The first kappa shape index (κ1) is 13.3. The lowest BCUT2D eigenvalue weighted by molar-refractivity contribution is 0.172. The van der Waals surface area contributed by atoms with Crippen molar-refractivity contribution in [3.8, 4) is 11.5 Å². The molecule has 1 aliphatic heterocycles. The van der Waals surface area contributed by atoms with E-state index < -0.39 is 0 Å². The van der Waals surface area contributed by atoms with Crippen LogP contribution in [0.15, 0.2) is 18.3 Å². The van der Waals surface area contributed by atoms with Gasteiger partial charge in [0.2, 0.25) is 0 Å². The van der Waals surface area contributed by atoms with Crippen LogP contribution >= 0.6 is 0 Å². The summed E-state index contributed by atoms with van der Waals surface area (Å²) in [6.45, 7) is 6.67. The van der Waals surface area contributed by atoms with Crippen molar-refractivity contribution < 1.29 is 9.47 Å². The van der Waals surface area contributed by atoms with E-state index in [9.17, 15) is 0 Å². The zero-order valence-corrected chi connectivity index (χ0v) is 12.2. The number of aromatic amines is 1. The summed E-state index contributed by atoms with van der Waals surface area (Å²) in [6, 6.07) is 4.70. The van der Waals surface area contributed by atoms with Gasteiger partial charge in [0.15, 0.2) is 11.5 Å². The number of aryl methyl sites for hydroxylation is 1. The molecule has 0 atom stereocenters. The van der Waals surface area contributed by atoms with Crippen LogP contribution in [0.1, 0.15) is 25.8 Å². The molecule has 4 heteroatoms. The molecule has 20 heavy (non-hydrogen) atoms. The van der Waals surface area contributed by atoms with Gasteiger partial charge in [0, 0.05) is 29.2 Å². The zero-order chi connectivity index (χ0) is 13.9. The molecule has 0 fully saturated rings. The standard InChI is InChI=1S/C16H22N2O2/c1-11(2)17-5-3-4-12-10-18-14-9-16-15(8-13(12)14)19-6-7-20-16/h8-11,17-18H,3-7H2,1-2H3. The fourth-order valence-corrected chi connectivity index (χ4v) is 2.59. The largest absolute Gasteiger partial charge is 0.486 e.